The number of aryl methyl sites for hydroxylation is 1. The maximum atomic E-state index is 14.0. The number of nitrogens with zero attached hydrogens (tertiary/aromatic N) is 2. The number of aromatic nitrogens is 1. The zero-order valence-electron chi connectivity index (χ0n) is 15.6. The number of hydrogen-bond donors (Lipinski definition) is 1. The van der Waals surface area contributed by atoms with E-state index in [1.165, 1.54) is 12.1 Å². The van der Waals surface area contributed by atoms with Gasteiger partial charge >= 0.3 is 0 Å². The number of anilines is 2. The Bertz CT molecular complexity index is 1030. The Morgan fingerprint density at radius 3 is 2.70 bits per heavy atom. The average molecular weight is 363 g/mol. The van der Waals surface area contributed by atoms with Crippen LogP contribution in [0.2, 0.25) is 0 Å². The molecule has 1 aromatic heterocycles. The maximum Gasteiger partial charge on any atom is 0.257 e. The number of fused-ring (bicyclic) bond motifs is 1. The molecule has 3 aromatic rings. The summed E-state index contributed by atoms with van der Waals surface area (Å²) in [7, 11) is 0. The summed E-state index contributed by atoms with van der Waals surface area (Å²) in [5.41, 5.74) is 4.90. The van der Waals surface area contributed by atoms with E-state index >= 15 is 0 Å². The Balaban J connectivity index is 1.88. The van der Waals surface area contributed by atoms with Crippen molar-refractivity contribution >= 4 is 28.2 Å². The summed E-state index contributed by atoms with van der Waals surface area (Å²) in [5.74, 6) is -0.405. The van der Waals surface area contributed by atoms with Gasteiger partial charge in [-0.1, -0.05) is 12.1 Å². The summed E-state index contributed by atoms with van der Waals surface area (Å²) in [4.78, 5) is 19.3. The predicted octanol–water partition coefficient (Wildman–Crippen LogP) is 4.97. The van der Waals surface area contributed by atoms with Crippen LogP contribution in [0.15, 0.2) is 42.6 Å². The van der Waals surface area contributed by atoms with E-state index in [0.717, 1.165) is 42.7 Å². The van der Waals surface area contributed by atoms with Gasteiger partial charge in [0.1, 0.15) is 5.82 Å². The number of hydrogen-bond acceptors (Lipinski definition) is 3. The largest absolute Gasteiger partial charge is 0.354 e. The number of nitrogens with one attached hydrogen (secondary N) is 1. The molecule has 1 amide bonds. The molecule has 2 heterocycles. The molecule has 0 bridgehead atoms. The quantitative estimate of drug-likeness (QED) is 0.714. The molecule has 1 N–H and O–H groups in total. The second kappa shape index (κ2) is 6.99. The molecular weight excluding hydrogens is 341 g/mol. The lowest BCUT2D eigenvalue weighted by atomic mass is 10.0. The van der Waals surface area contributed by atoms with Gasteiger partial charge in [0.05, 0.1) is 16.8 Å². The summed E-state index contributed by atoms with van der Waals surface area (Å²) in [5, 5.41) is 4.01. The molecule has 0 atom stereocenters. The smallest absolute Gasteiger partial charge is 0.257 e. The zero-order chi connectivity index (χ0) is 19.0. The molecular formula is C22H22FN3O. The van der Waals surface area contributed by atoms with Gasteiger partial charge in [0.2, 0.25) is 0 Å². The number of halogens is 1. The SMILES string of the molecule is Cc1cccc(Nc2c(C(=O)N3CCCC3)cnc3ccc(F)cc23)c1C. The standard InChI is InChI=1S/C22H22FN3O/c1-14-6-5-7-19(15(14)2)25-21-17-12-16(23)8-9-20(17)24-13-18(21)22(27)26-10-3-4-11-26/h5-9,12-13H,3-4,10-11H2,1-2H3,(H,24,25). The van der Waals surface area contributed by atoms with Crippen molar-refractivity contribution in [1.82, 2.24) is 9.88 Å². The Labute approximate surface area is 158 Å². The highest BCUT2D eigenvalue weighted by atomic mass is 19.1. The monoisotopic (exact) mass is 363 g/mol. The van der Waals surface area contributed by atoms with E-state index in [1.54, 1.807) is 12.3 Å². The van der Waals surface area contributed by atoms with E-state index < -0.39 is 0 Å². The fourth-order valence-electron chi connectivity index (χ4n) is 3.57. The van der Waals surface area contributed by atoms with Crippen molar-refractivity contribution in [1.29, 1.82) is 0 Å². The van der Waals surface area contributed by atoms with Gasteiger partial charge in [0, 0.05) is 30.4 Å². The highest BCUT2D eigenvalue weighted by Crippen LogP contribution is 2.32. The molecule has 2 aromatic carbocycles. The third-order valence-electron chi connectivity index (χ3n) is 5.32. The highest BCUT2D eigenvalue weighted by Gasteiger charge is 2.24. The number of rotatable bonds is 3. The van der Waals surface area contributed by atoms with Crippen molar-refractivity contribution in [2.45, 2.75) is 26.7 Å². The van der Waals surface area contributed by atoms with Gasteiger partial charge in [-0.2, -0.15) is 0 Å². The molecule has 5 heteroatoms. The zero-order valence-corrected chi connectivity index (χ0v) is 15.6. The number of carbonyl (C=O) groups is 1. The Hall–Kier alpha value is -2.95. The van der Waals surface area contributed by atoms with E-state index in [1.807, 2.05) is 36.9 Å². The van der Waals surface area contributed by atoms with Gasteiger partial charge in [0.25, 0.3) is 5.91 Å². The number of benzene rings is 2. The predicted molar refractivity (Wildman–Crippen MR) is 106 cm³/mol. The van der Waals surface area contributed by atoms with Crippen LogP contribution in [0, 0.1) is 19.7 Å². The molecule has 27 heavy (non-hydrogen) atoms. The van der Waals surface area contributed by atoms with Gasteiger partial charge in [-0.15, -0.1) is 0 Å². The van der Waals surface area contributed by atoms with Crippen molar-refractivity contribution < 1.29 is 9.18 Å². The van der Waals surface area contributed by atoms with Gasteiger partial charge in [-0.05, 0) is 62.1 Å². The maximum absolute atomic E-state index is 14.0. The van der Waals surface area contributed by atoms with Crippen molar-refractivity contribution in [3.8, 4) is 0 Å². The van der Waals surface area contributed by atoms with E-state index in [0.29, 0.717) is 22.2 Å². The van der Waals surface area contributed by atoms with Crippen LogP contribution in [0.25, 0.3) is 10.9 Å². The molecule has 1 saturated heterocycles. The number of likely N-dealkylation sites (tertiary alicyclic amines) is 1. The second-order valence-electron chi connectivity index (χ2n) is 7.08. The first kappa shape index (κ1) is 17.5. The van der Waals surface area contributed by atoms with Crippen LogP contribution >= 0.6 is 0 Å². The number of pyridine rings is 1. The van der Waals surface area contributed by atoms with Crippen LogP contribution in [0.1, 0.15) is 34.3 Å². The number of amides is 1. The molecule has 4 nitrogen and oxygen atoms in total. The third-order valence-corrected chi connectivity index (χ3v) is 5.32. The van der Waals surface area contributed by atoms with Gasteiger partial charge in [-0.3, -0.25) is 9.78 Å². The van der Waals surface area contributed by atoms with Gasteiger partial charge in [-0.25, -0.2) is 4.39 Å². The summed E-state index contributed by atoms with van der Waals surface area (Å²) < 4.78 is 14.0. The van der Waals surface area contributed by atoms with Crippen LogP contribution < -0.4 is 5.32 Å². The Kier molecular flexibility index (Phi) is 4.52. The molecule has 138 valence electrons. The van der Waals surface area contributed by atoms with E-state index in [2.05, 4.69) is 10.3 Å². The van der Waals surface area contributed by atoms with Crippen molar-refractivity contribution in [2.75, 3.05) is 18.4 Å². The third kappa shape index (κ3) is 3.25. The van der Waals surface area contributed by atoms with Crippen molar-refractivity contribution in [2.24, 2.45) is 0 Å². The minimum Gasteiger partial charge on any atom is -0.354 e. The first-order valence-electron chi connectivity index (χ1n) is 9.25. The minimum atomic E-state index is -0.348. The highest BCUT2D eigenvalue weighted by molar-refractivity contribution is 6.08. The molecule has 0 saturated carbocycles. The first-order chi connectivity index (χ1) is 13.0. The lowest BCUT2D eigenvalue weighted by Crippen LogP contribution is -2.28. The Morgan fingerprint density at radius 2 is 1.93 bits per heavy atom. The van der Waals surface area contributed by atoms with Crippen LogP contribution in [0.4, 0.5) is 15.8 Å². The summed E-state index contributed by atoms with van der Waals surface area (Å²) in [6, 6.07) is 10.5. The molecule has 1 fully saturated rings. The summed E-state index contributed by atoms with van der Waals surface area (Å²) in [6.45, 7) is 5.58. The Morgan fingerprint density at radius 1 is 1.15 bits per heavy atom. The fraction of sp³-hybridized carbons (Fsp3) is 0.273. The first-order valence-corrected chi connectivity index (χ1v) is 9.25. The molecule has 0 radical (unpaired) electrons. The van der Waals surface area contributed by atoms with E-state index in [4.69, 9.17) is 0 Å². The summed E-state index contributed by atoms with van der Waals surface area (Å²) >= 11 is 0. The minimum absolute atomic E-state index is 0.0565. The van der Waals surface area contributed by atoms with Crippen LogP contribution in [0.3, 0.4) is 0 Å². The van der Waals surface area contributed by atoms with Gasteiger partial charge in [0.15, 0.2) is 0 Å². The normalized spacial score (nSPS) is 14.0. The van der Waals surface area contributed by atoms with Crippen LogP contribution in [-0.4, -0.2) is 28.9 Å². The summed E-state index contributed by atoms with van der Waals surface area (Å²) in [6.07, 6.45) is 3.64. The second-order valence-corrected chi connectivity index (χ2v) is 7.08. The van der Waals surface area contributed by atoms with Crippen LogP contribution in [0.5, 0.6) is 0 Å². The molecule has 0 spiro atoms. The molecule has 0 unspecified atom stereocenters. The van der Waals surface area contributed by atoms with Gasteiger partial charge < -0.3 is 10.2 Å². The number of carbonyl (C=O) groups excluding carboxylic acids is 1. The van der Waals surface area contributed by atoms with Crippen molar-refractivity contribution in [3.63, 3.8) is 0 Å². The fourth-order valence-corrected chi connectivity index (χ4v) is 3.57. The van der Waals surface area contributed by atoms with E-state index in [9.17, 15) is 9.18 Å². The lowest BCUT2D eigenvalue weighted by molar-refractivity contribution is 0.0793. The van der Waals surface area contributed by atoms with Crippen LogP contribution in [-0.2, 0) is 0 Å². The van der Waals surface area contributed by atoms with E-state index in [-0.39, 0.29) is 11.7 Å². The lowest BCUT2D eigenvalue weighted by Gasteiger charge is -2.20. The molecule has 0 aliphatic carbocycles. The molecule has 1 aliphatic rings. The molecule has 4 rings (SSSR count). The average Bonchev–Trinajstić information content (AvgIpc) is 3.20. The molecule has 1 aliphatic heterocycles. The van der Waals surface area contributed by atoms with Crippen molar-refractivity contribution in [3.05, 3.63) is 65.1 Å². The topological polar surface area (TPSA) is 45.2 Å².